The third kappa shape index (κ3) is 4.11. The first-order valence-electron chi connectivity index (χ1n) is 5.99. The van der Waals surface area contributed by atoms with Crippen molar-refractivity contribution in [1.82, 2.24) is 5.32 Å². The van der Waals surface area contributed by atoms with Gasteiger partial charge in [-0.2, -0.15) is 0 Å². The minimum atomic E-state index is -0.0220. The molecule has 5 heteroatoms. The maximum atomic E-state index is 11.8. The summed E-state index contributed by atoms with van der Waals surface area (Å²) in [5.41, 5.74) is 7.24. The zero-order valence-corrected chi connectivity index (χ0v) is 11.8. The molecule has 0 spiro atoms. The van der Waals surface area contributed by atoms with Gasteiger partial charge in [-0.25, -0.2) is 0 Å². The Morgan fingerprint density at radius 2 is 2.22 bits per heavy atom. The number of benzene rings is 1. The average molecular weight is 270 g/mol. The van der Waals surface area contributed by atoms with E-state index in [1.54, 1.807) is 23.1 Å². The summed E-state index contributed by atoms with van der Waals surface area (Å²) in [4.78, 5) is 13.6. The van der Waals surface area contributed by atoms with E-state index in [4.69, 9.17) is 17.3 Å². The van der Waals surface area contributed by atoms with Gasteiger partial charge in [0.15, 0.2) is 0 Å². The van der Waals surface area contributed by atoms with E-state index in [0.717, 1.165) is 12.1 Å². The van der Waals surface area contributed by atoms with Gasteiger partial charge in [0.05, 0.1) is 17.9 Å². The van der Waals surface area contributed by atoms with Crippen LogP contribution in [0.1, 0.15) is 20.3 Å². The first-order chi connectivity index (χ1) is 8.43. The van der Waals surface area contributed by atoms with E-state index in [1.807, 2.05) is 20.9 Å². The van der Waals surface area contributed by atoms with Crippen LogP contribution in [-0.4, -0.2) is 25.5 Å². The molecule has 4 nitrogen and oxygen atoms in total. The van der Waals surface area contributed by atoms with Crippen LogP contribution in [0, 0.1) is 0 Å². The SMILES string of the molecule is CCC(C)NC(=O)CN(C)c1cc(Cl)ccc1N. The molecule has 1 rings (SSSR count). The van der Waals surface area contributed by atoms with Crippen molar-refractivity contribution >= 4 is 28.9 Å². The van der Waals surface area contributed by atoms with Crippen molar-refractivity contribution in [1.29, 1.82) is 0 Å². The van der Waals surface area contributed by atoms with Crippen molar-refractivity contribution in [3.8, 4) is 0 Å². The highest BCUT2D eigenvalue weighted by Crippen LogP contribution is 2.25. The summed E-state index contributed by atoms with van der Waals surface area (Å²) in [6.45, 7) is 4.27. The van der Waals surface area contributed by atoms with Crippen molar-refractivity contribution < 1.29 is 4.79 Å². The van der Waals surface area contributed by atoms with Crippen LogP contribution in [0.4, 0.5) is 11.4 Å². The van der Waals surface area contributed by atoms with Gasteiger partial charge in [0.1, 0.15) is 0 Å². The third-order valence-corrected chi connectivity index (χ3v) is 3.04. The molecule has 0 heterocycles. The molecule has 0 aliphatic heterocycles. The standard InChI is InChI=1S/C13H20ClN3O/c1-4-9(2)16-13(18)8-17(3)12-7-10(14)5-6-11(12)15/h5-7,9H,4,8,15H2,1-3H3,(H,16,18). The van der Waals surface area contributed by atoms with E-state index in [9.17, 15) is 4.79 Å². The quantitative estimate of drug-likeness (QED) is 0.807. The molecular weight excluding hydrogens is 250 g/mol. The Hall–Kier alpha value is -1.42. The highest BCUT2D eigenvalue weighted by atomic mass is 35.5. The predicted octanol–water partition coefficient (Wildman–Crippen LogP) is 2.27. The second-order valence-corrected chi connectivity index (χ2v) is 4.87. The van der Waals surface area contributed by atoms with Gasteiger partial charge in [0.25, 0.3) is 0 Å². The highest BCUT2D eigenvalue weighted by Gasteiger charge is 2.11. The Kier molecular flexibility index (Phi) is 5.28. The lowest BCUT2D eigenvalue weighted by molar-refractivity contribution is -0.120. The number of halogens is 1. The van der Waals surface area contributed by atoms with Gasteiger partial charge >= 0.3 is 0 Å². The molecule has 0 aliphatic rings. The van der Waals surface area contributed by atoms with Gasteiger partial charge in [-0.05, 0) is 31.5 Å². The molecule has 1 aromatic carbocycles. The molecule has 1 aromatic rings. The molecule has 100 valence electrons. The van der Waals surface area contributed by atoms with Crippen molar-refractivity contribution in [2.45, 2.75) is 26.3 Å². The van der Waals surface area contributed by atoms with Crippen molar-refractivity contribution in [3.05, 3.63) is 23.2 Å². The van der Waals surface area contributed by atoms with Crippen LogP contribution >= 0.6 is 11.6 Å². The Morgan fingerprint density at radius 3 is 2.83 bits per heavy atom. The fraction of sp³-hybridized carbons (Fsp3) is 0.462. The first kappa shape index (κ1) is 14.6. The minimum Gasteiger partial charge on any atom is -0.397 e. The number of hydrogen-bond donors (Lipinski definition) is 2. The predicted molar refractivity (Wildman–Crippen MR) is 77.0 cm³/mol. The van der Waals surface area contributed by atoms with Crippen molar-refractivity contribution in [2.75, 3.05) is 24.2 Å². The molecule has 0 saturated heterocycles. The Bertz CT molecular complexity index is 423. The molecule has 0 bridgehead atoms. The number of carbonyl (C=O) groups excluding carboxylic acids is 1. The Morgan fingerprint density at radius 1 is 1.56 bits per heavy atom. The van der Waals surface area contributed by atoms with Crippen LogP contribution in [0.15, 0.2) is 18.2 Å². The van der Waals surface area contributed by atoms with Gasteiger partial charge in [0.2, 0.25) is 5.91 Å². The monoisotopic (exact) mass is 269 g/mol. The van der Waals surface area contributed by atoms with Gasteiger partial charge in [-0.3, -0.25) is 4.79 Å². The number of rotatable bonds is 5. The fourth-order valence-corrected chi connectivity index (χ4v) is 1.74. The minimum absolute atomic E-state index is 0.0220. The highest BCUT2D eigenvalue weighted by molar-refractivity contribution is 6.31. The van der Waals surface area contributed by atoms with Crippen LogP contribution < -0.4 is 16.0 Å². The number of nitrogens with two attached hydrogens (primary N) is 1. The number of carbonyl (C=O) groups is 1. The molecule has 3 N–H and O–H groups in total. The summed E-state index contributed by atoms with van der Waals surface area (Å²) in [6.07, 6.45) is 0.911. The lowest BCUT2D eigenvalue weighted by Crippen LogP contribution is -2.39. The average Bonchev–Trinajstić information content (AvgIpc) is 2.31. The lowest BCUT2D eigenvalue weighted by atomic mass is 10.2. The smallest absolute Gasteiger partial charge is 0.239 e. The number of amides is 1. The maximum Gasteiger partial charge on any atom is 0.239 e. The topological polar surface area (TPSA) is 58.4 Å². The van der Waals surface area contributed by atoms with Gasteiger partial charge < -0.3 is 16.0 Å². The number of anilines is 2. The van der Waals surface area contributed by atoms with Gasteiger partial charge in [-0.15, -0.1) is 0 Å². The van der Waals surface area contributed by atoms with E-state index in [-0.39, 0.29) is 18.5 Å². The van der Waals surface area contributed by atoms with E-state index in [0.29, 0.717) is 10.7 Å². The van der Waals surface area contributed by atoms with Gasteiger partial charge in [-0.1, -0.05) is 18.5 Å². The second kappa shape index (κ2) is 6.50. The molecule has 0 saturated carbocycles. The summed E-state index contributed by atoms with van der Waals surface area (Å²) in [6, 6.07) is 5.41. The molecule has 0 fully saturated rings. The lowest BCUT2D eigenvalue weighted by Gasteiger charge is -2.22. The molecule has 0 aliphatic carbocycles. The van der Waals surface area contributed by atoms with E-state index in [2.05, 4.69) is 5.32 Å². The van der Waals surface area contributed by atoms with E-state index < -0.39 is 0 Å². The Labute approximate surface area is 113 Å². The van der Waals surface area contributed by atoms with Crippen molar-refractivity contribution in [2.24, 2.45) is 0 Å². The van der Waals surface area contributed by atoms with Crippen LogP contribution in [0.2, 0.25) is 5.02 Å². The Balaban J connectivity index is 2.67. The van der Waals surface area contributed by atoms with E-state index in [1.165, 1.54) is 0 Å². The van der Waals surface area contributed by atoms with Crippen LogP contribution in [0.3, 0.4) is 0 Å². The number of hydrogen-bond acceptors (Lipinski definition) is 3. The number of nitrogens with zero attached hydrogens (tertiary/aromatic N) is 1. The zero-order chi connectivity index (χ0) is 13.7. The first-order valence-corrected chi connectivity index (χ1v) is 6.37. The van der Waals surface area contributed by atoms with Crippen LogP contribution in [0.25, 0.3) is 0 Å². The second-order valence-electron chi connectivity index (χ2n) is 4.44. The van der Waals surface area contributed by atoms with Crippen LogP contribution in [0.5, 0.6) is 0 Å². The summed E-state index contributed by atoms with van der Waals surface area (Å²) < 4.78 is 0. The van der Waals surface area contributed by atoms with Crippen molar-refractivity contribution in [3.63, 3.8) is 0 Å². The molecule has 1 unspecified atom stereocenters. The molecule has 1 atom stereocenters. The summed E-state index contributed by atoms with van der Waals surface area (Å²) in [7, 11) is 1.82. The normalized spacial score (nSPS) is 12.0. The zero-order valence-electron chi connectivity index (χ0n) is 11.0. The number of nitrogens with one attached hydrogen (secondary N) is 1. The molecule has 1 amide bonds. The molecule has 18 heavy (non-hydrogen) atoms. The summed E-state index contributed by atoms with van der Waals surface area (Å²) in [5.74, 6) is -0.0220. The van der Waals surface area contributed by atoms with Gasteiger partial charge in [0, 0.05) is 18.1 Å². The number of likely N-dealkylation sites (N-methyl/N-ethyl adjacent to an activating group) is 1. The molecule has 0 aromatic heterocycles. The fourth-order valence-electron chi connectivity index (χ4n) is 1.57. The number of nitrogen functional groups attached to an aromatic ring is 1. The maximum absolute atomic E-state index is 11.8. The molecular formula is C13H20ClN3O. The molecule has 0 radical (unpaired) electrons. The third-order valence-electron chi connectivity index (χ3n) is 2.80. The van der Waals surface area contributed by atoms with Crippen LogP contribution in [-0.2, 0) is 4.79 Å². The summed E-state index contributed by atoms with van der Waals surface area (Å²) in [5, 5.41) is 3.51. The summed E-state index contributed by atoms with van der Waals surface area (Å²) >= 11 is 5.92. The largest absolute Gasteiger partial charge is 0.397 e. The van der Waals surface area contributed by atoms with E-state index >= 15 is 0 Å².